The standard InChI is InChI=1S/C13H10Cl2O3S/c1-9-2-4-10(5-3-9)18-13-7-6-11(8-12(13)14)19(15,16)17/h2-8H,1H3. The second-order valence-electron chi connectivity index (χ2n) is 3.95. The van der Waals surface area contributed by atoms with Crippen molar-refractivity contribution in [2.45, 2.75) is 11.8 Å². The quantitative estimate of drug-likeness (QED) is 0.790. The fourth-order valence-corrected chi connectivity index (χ4v) is 2.51. The summed E-state index contributed by atoms with van der Waals surface area (Å²) >= 11 is 5.97. The Balaban J connectivity index is 2.29. The molecule has 0 heterocycles. The van der Waals surface area contributed by atoms with Gasteiger partial charge in [-0.3, -0.25) is 0 Å². The van der Waals surface area contributed by atoms with E-state index in [-0.39, 0.29) is 9.92 Å². The molecule has 0 unspecified atom stereocenters. The average Bonchev–Trinajstić information content (AvgIpc) is 2.33. The predicted molar refractivity (Wildman–Crippen MR) is 75.7 cm³/mol. The van der Waals surface area contributed by atoms with Gasteiger partial charge in [0.2, 0.25) is 0 Å². The van der Waals surface area contributed by atoms with Crippen LogP contribution in [0.1, 0.15) is 5.56 Å². The summed E-state index contributed by atoms with van der Waals surface area (Å²) in [6, 6.07) is 11.5. The fourth-order valence-electron chi connectivity index (χ4n) is 1.45. The van der Waals surface area contributed by atoms with E-state index in [0.29, 0.717) is 11.5 Å². The van der Waals surface area contributed by atoms with E-state index in [0.717, 1.165) is 5.56 Å². The van der Waals surface area contributed by atoms with Crippen LogP contribution in [0.3, 0.4) is 0 Å². The minimum atomic E-state index is -3.79. The molecule has 0 N–H and O–H groups in total. The molecule has 0 atom stereocenters. The first-order chi connectivity index (χ1) is 8.86. The third kappa shape index (κ3) is 3.62. The van der Waals surface area contributed by atoms with E-state index in [1.165, 1.54) is 18.2 Å². The van der Waals surface area contributed by atoms with Gasteiger partial charge in [-0.25, -0.2) is 8.42 Å². The monoisotopic (exact) mass is 316 g/mol. The minimum absolute atomic E-state index is 0.0598. The molecule has 0 fully saturated rings. The summed E-state index contributed by atoms with van der Waals surface area (Å²) in [6.07, 6.45) is 0. The molecule has 2 aromatic rings. The molecule has 0 amide bonds. The van der Waals surface area contributed by atoms with E-state index < -0.39 is 9.05 Å². The maximum Gasteiger partial charge on any atom is 0.261 e. The Labute approximate surface area is 121 Å². The van der Waals surface area contributed by atoms with Crippen LogP contribution in [-0.4, -0.2) is 8.42 Å². The van der Waals surface area contributed by atoms with Crippen molar-refractivity contribution in [3.63, 3.8) is 0 Å². The summed E-state index contributed by atoms with van der Waals surface area (Å²) in [6.45, 7) is 1.97. The number of ether oxygens (including phenoxy) is 1. The summed E-state index contributed by atoms with van der Waals surface area (Å²) in [5.74, 6) is 0.989. The smallest absolute Gasteiger partial charge is 0.261 e. The highest BCUT2D eigenvalue weighted by Crippen LogP contribution is 2.32. The zero-order valence-corrected chi connectivity index (χ0v) is 12.3. The van der Waals surface area contributed by atoms with Gasteiger partial charge in [0.25, 0.3) is 9.05 Å². The van der Waals surface area contributed by atoms with Crippen LogP contribution >= 0.6 is 22.3 Å². The summed E-state index contributed by atoms with van der Waals surface area (Å²) in [5.41, 5.74) is 1.11. The Hall–Kier alpha value is -1.23. The first-order valence-electron chi connectivity index (χ1n) is 5.35. The molecule has 6 heteroatoms. The number of benzene rings is 2. The van der Waals surface area contributed by atoms with Crippen LogP contribution in [0.25, 0.3) is 0 Å². The van der Waals surface area contributed by atoms with Gasteiger partial charge in [-0.2, -0.15) is 0 Å². The number of hydrogen-bond acceptors (Lipinski definition) is 3. The molecule has 0 bridgehead atoms. The maximum absolute atomic E-state index is 11.2. The van der Waals surface area contributed by atoms with Crippen molar-refractivity contribution in [3.05, 3.63) is 53.1 Å². The summed E-state index contributed by atoms with van der Waals surface area (Å²) in [7, 11) is 1.44. The van der Waals surface area contributed by atoms with Crippen molar-refractivity contribution in [2.75, 3.05) is 0 Å². The lowest BCUT2D eigenvalue weighted by molar-refractivity contribution is 0.482. The number of hydrogen-bond donors (Lipinski definition) is 0. The van der Waals surface area contributed by atoms with Gasteiger partial charge in [0.1, 0.15) is 11.5 Å². The lowest BCUT2D eigenvalue weighted by Gasteiger charge is -2.08. The van der Waals surface area contributed by atoms with Crippen LogP contribution in [0.2, 0.25) is 5.02 Å². The van der Waals surface area contributed by atoms with Crippen LogP contribution in [0.15, 0.2) is 47.4 Å². The average molecular weight is 317 g/mol. The van der Waals surface area contributed by atoms with Gasteiger partial charge in [-0.15, -0.1) is 0 Å². The molecule has 0 radical (unpaired) electrons. The van der Waals surface area contributed by atoms with Gasteiger partial charge < -0.3 is 4.74 Å². The van der Waals surface area contributed by atoms with Crippen LogP contribution in [0, 0.1) is 6.92 Å². The Kier molecular flexibility index (Phi) is 4.04. The molecule has 0 aliphatic carbocycles. The molecule has 0 saturated carbocycles. The third-order valence-electron chi connectivity index (χ3n) is 2.43. The molecular weight excluding hydrogens is 307 g/mol. The Bertz CT molecular complexity index is 694. The molecule has 0 aliphatic rings. The highest BCUT2D eigenvalue weighted by molar-refractivity contribution is 8.13. The minimum Gasteiger partial charge on any atom is -0.456 e. The third-order valence-corrected chi connectivity index (χ3v) is 4.08. The molecule has 0 saturated heterocycles. The lowest BCUT2D eigenvalue weighted by atomic mass is 10.2. The molecule has 0 aromatic heterocycles. The van der Waals surface area contributed by atoms with E-state index in [2.05, 4.69) is 0 Å². The predicted octanol–water partition coefficient (Wildman–Crippen LogP) is 4.37. The van der Waals surface area contributed by atoms with Gasteiger partial charge in [0, 0.05) is 10.7 Å². The number of aryl methyl sites for hydroxylation is 1. The topological polar surface area (TPSA) is 43.4 Å². The van der Waals surface area contributed by atoms with Gasteiger partial charge in [0.05, 0.1) is 9.92 Å². The Morgan fingerprint density at radius 1 is 1.05 bits per heavy atom. The van der Waals surface area contributed by atoms with E-state index in [9.17, 15) is 8.42 Å². The summed E-state index contributed by atoms with van der Waals surface area (Å²) < 4.78 is 27.9. The Morgan fingerprint density at radius 3 is 2.21 bits per heavy atom. The molecule has 2 aromatic carbocycles. The molecule has 0 spiro atoms. The summed E-state index contributed by atoms with van der Waals surface area (Å²) in [5, 5.41) is 0.183. The van der Waals surface area contributed by atoms with Gasteiger partial charge >= 0.3 is 0 Å². The number of rotatable bonds is 3. The molecular formula is C13H10Cl2O3S. The fraction of sp³-hybridized carbons (Fsp3) is 0.0769. The largest absolute Gasteiger partial charge is 0.456 e. The van der Waals surface area contributed by atoms with Crippen LogP contribution in [0.4, 0.5) is 0 Å². The van der Waals surface area contributed by atoms with Crippen molar-refractivity contribution in [1.82, 2.24) is 0 Å². The van der Waals surface area contributed by atoms with Crippen molar-refractivity contribution in [1.29, 1.82) is 0 Å². The maximum atomic E-state index is 11.2. The van der Waals surface area contributed by atoms with Crippen LogP contribution in [0.5, 0.6) is 11.5 Å². The highest BCUT2D eigenvalue weighted by Gasteiger charge is 2.13. The second kappa shape index (κ2) is 5.41. The van der Waals surface area contributed by atoms with E-state index in [1.807, 2.05) is 19.1 Å². The summed E-state index contributed by atoms with van der Waals surface area (Å²) in [4.78, 5) is -0.0598. The van der Waals surface area contributed by atoms with Gasteiger partial charge in [0.15, 0.2) is 0 Å². The number of halogens is 2. The van der Waals surface area contributed by atoms with Gasteiger partial charge in [-0.1, -0.05) is 29.3 Å². The van der Waals surface area contributed by atoms with Gasteiger partial charge in [-0.05, 0) is 37.3 Å². The van der Waals surface area contributed by atoms with Crippen LogP contribution in [-0.2, 0) is 9.05 Å². The molecule has 100 valence electrons. The lowest BCUT2D eigenvalue weighted by Crippen LogP contribution is -1.92. The normalized spacial score (nSPS) is 11.3. The molecule has 2 rings (SSSR count). The first-order valence-corrected chi connectivity index (χ1v) is 8.04. The van der Waals surface area contributed by atoms with Crippen LogP contribution < -0.4 is 4.74 Å². The molecule has 19 heavy (non-hydrogen) atoms. The Morgan fingerprint density at radius 2 is 1.68 bits per heavy atom. The zero-order chi connectivity index (χ0) is 14.0. The van der Waals surface area contributed by atoms with E-state index in [1.54, 1.807) is 12.1 Å². The van der Waals surface area contributed by atoms with Crippen molar-refractivity contribution in [2.24, 2.45) is 0 Å². The van der Waals surface area contributed by atoms with E-state index >= 15 is 0 Å². The molecule has 0 aliphatic heterocycles. The van der Waals surface area contributed by atoms with Crippen molar-refractivity contribution < 1.29 is 13.2 Å². The SMILES string of the molecule is Cc1ccc(Oc2ccc(S(=O)(=O)Cl)cc2Cl)cc1. The first kappa shape index (κ1) is 14.2. The highest BCUT2D eigenvalue weighted by atomic mass is 35.7. The zero-order valence-electron chi connectivity index (χ0n) is 9.93. The van der Waals surface area contributed by atoms with Crippen molar-refractivity contribution in [3.8, 4) is 11.5 Å². The van der Waals surface area contributed by atoms with E-state index in [4.69, 9.17) is 27.0 Å². The van der Waals surface area contributed by atoms with Crippen molar-refractivity contribution >= 4 is 31.3 Å². The molecule has 3 nitrogen and oxygen atoms in total. The second-order valence-corrected chi connectivity index (χ2v) is 6.92.